The number of halogens is 2. The van der Waals surface area contributed by atoms with Crippen LogP contribution in [0.4, 0.5) is 20.2 Å². The fourth-order valence-corrected chi connectivity index (χ4v) is 3.13. The van der Waals surface area contributed by atoms with Gasteiger partial charge in [-0.3, -0.25) is 14.9 Å². The van der Waals surface area contributed by atoms with Gasteiger partial charge in [0.05, 0.1) is 9.82 Å². The molecule has 1 amide bonds. The number of alkyl halides is 2. The summed E-state index contributed by atoms with van der Waals surface area (Å²) in [4.78, 5) is 22.4. The lowest BCUT2D eigenvalue weighted by molar-refractivity contribution is -0.385. The van der Waals surface area contributed by atoms with Gasteiger partial charge in [-0.1, -0.05) is 11.8 Å². The van der Waals surface area contributed by atoms with Crippen LogP contribution in [-0.2, 0) is 9.84 Å². The Morgan fingerprint density at radius 3 is 2.31 bits per heavy atom. The van der Waals surface area contributed by atoms with Gasteiger partial charge in [-0.25, -0.2) is 8.42 Å². The summed E-state index contributed by atoms with van der Waals surface area (Å²) in [5, 5.41) is 13.4. The number of nitro groups is 1. The molecule has 7 nitrogen and oxygen atoms in total. The van der Waals surface area contributed by atoms with Crippen molar-refractivity contribution in [2.75, 3.05) is 11.6 Å². The molecule has 0 saturated heterocycles. The number of thioether (sulfide) groups is 1. The summed E-state index contributed by atoms with van der Waals surface area (Å²) < 4.78 is 47.9. The van der Waals surface area contributed by atoms with Gasteiger partial charge in [0.1, 0.15) is 0 Å². The van der Waals surface area contributed by atoms with Gasteiger partial charge in [-0.05, 0) is 30.3 Å². The molecule has 0 atom stereocenters. The van der Waals surface area contributed by atoms with Gasteiger partial charge < -0.3 is 5.32 Å². The van der Waals surface area contributed by atoms with Crippen molar-refractivity contribution < 1.29 is 26.9 Å². The van der Waals surface area contributed by atoms with Crippen LogP contribution < -0.4 is 5.32 Å². The van der Waals surface area contributed by atoms with E-state index >= 15 is 0 Å². The highest BCUT2D eigenvalue weighted by Crippen LogP contribution is 2.27. The van der Waals surface area contributed by atoms with Crippen LogP contribution in [-0.4, -0.2) is 31.3 Å². The van der Waals surface area contributed by atoms with E-state index in [1.807, 2.05) is 0 Å². The lowest BCUT2D eigenvalue weighted by atomic mass is 10.2. The molecule has 0 fully saturated rings. The quantitative estimate of drug-likeness (QED) is 0.450. The first-order valence-corrected chi connectivity index (χ1v) is 9.69. The average molecular weight is 402 g/mol. The Balaban J connectivity index is 2.29. The van der Waals surface area contributed by atoms with E-state index in [4.69, 9.17) is 0 Å². The van der Waals surface area contributed by atoms with Crippen LogP contribution in [0.5, 0.6) is 0 Å². The highest BCUT2D eigenvalue weighted by Gasteiger charge is 2.19. The monoisotopic (exact) mass is 402 g/mol. The Kier molecular flexibility index (Phi) is 5.93. The van der Waals surface area contributed by atoms with E-state index < -0.39 is 32.1 Å². The zero-order chi connectivity index (χ0) is 19.5. The Bertz CT molecular complexity index is 947. The van der Waals surface area contributed by atoms with Crippen molar-refractivity contribution in [1.82, 2.24) is 0 Å². The number of carbonyl (C=O) groups is 1. The average Bonchev–Trinajstić information content (AvgIpc) is 2.55. The fourth-order valence-electron chi connectivity index (χ4n) is 1.96. The van der Waals surface area contributed by atoms with E-state index in [-0.39, 0.29) is 16.1 Å². The predicted molar refractivity (Wildman–Crippen MR) is 92.5 cm³/mol. The Hall–Kier alpha value is -2.53. The molecule has 0 heterocycles. The molecule has 0 aliphatic heterocycles. The number of nitrogens with zero attached hydrogens (tertiary/aromatic N) is 1. The molecule has 0 aliphatic carbocycles. The summed E-state index contributed by atoms with van der Waals surface area (Å²) >= 11 is 0.345. The number of hydrogen-bond donors (Lipinski definition) is 1. The maximum atomic E-state index is 12.3. The molecule has 0 radical (unpaired) electrons. The van der Waals surface area contributed by atoms with Crippen LogP contribution >= 0.6 is 11.8 Å². The van der Waals surface area contributed by atoms with Crippen molar-refractivity contribution in [1.29, 1.82) is 0 Å². The van der Waals surface area contributed by atoms with Crippen molar-refractivity contribution in [3.8, 4) is 0 Å². The van der Waals surface area contributed by atoms with Gasteiger partial charge in [0.25, 0.3) is 17.4 Å². The lowest BCUT2D eigenvalue weighted by Crippen LogP contribution is -2.13. The molecule has 11 heteroatoms. The maximum Gasteiger partial charge on any atom is 0.288 e. The van der Waals surface area contributed by atoms with Crippen LogP contribution in [0.3, 0.4) is 0 Å². The summed E-state index contributed by atoms with van der Waals surface area (Å²) in [5.74, 6) is -3.34. The second-order valence-electron chi connectivity index (χ2n) is 5.10. The minimum Gasteiger partial charge on any atom is -0.322 e. The molecule has 138 valence electrons. The third-order valence-corrected chi connectivity index (χ3v) is 4.94. The Morgan fingerprint density at radius 1 is 1.19 bits per heavy atom. The standard InChI is InChI=1S/C15H12F2N2O5S2/c1-26(23,24)13-7-9(6-11(8-13)19(21)22)14(20)18-10-2-4-12(5-3-10)25-15(16)17/h2-8,15H,1H3,(H,18,20). The number of anilines is 1. The predicted octanol–water partition coefficient (Wildman–Crippen LogP) is 3.57. The van der Waals surface area contributed by atoms with Crippen LogP contribution in [0.1, 0.15) is 10.4 Å². The van der Waals surface area contributed by atoms with E-state index in [1.54, 1.807) is 0 Å². The second-order valence-corrected chi connectivity index (χ2v) is 8.18. The zero-order valence-corrected chi connectivity index (χ0v) is 14.8. The number of non-ortho nitro benzene ring substituents is 1. The largest absolute Gasteiger partial charge is 0.322 e. The molecule has 1 N–H and O–H groups in total. The van der Waals surface area contributed by atoms with Gasteiger partial charge in [-0.2, -0.15) is 8.78 Å². The second kappa shape index (κ2) is 7.79. The first kappa shape index (κ1) is 19.8. The van der Waals surface area contributed by atoms with Crippen LogP contribution in [0, 0.1) is 10.1 Å². The number of rotatable bonds is 6. The van der Waals surface area contributed by atoms with E-state index in [9.17, 15) is 32.1 Å². The third kappa shape index (κ3) is 5.23. The summed E-state index contributed by atoms with van der Waals surface area (Å²) in [6.45, 7) is 0. The highest BCUT2D eigenvalue weighted by molar-refractivity contribution is 7.99. The van der Waals surface area contributed by atoms with E-state index in [0.29, 0.717) is 16.7 Å². The van der Waals surface area contributed by atoms with E-state index in [0.717, 1.165) is 24.5 Å². The molecule has 2 rings (SSSR count). The summed E-state index contributed by atoms with van der Waals surface area (Å²) in [6, 6.07) is 8.37. The number of nitro benzene ring substituents is 1. The summed E-state index contributed by atoms with van der Waals surface area (Å²) in [7, 11) is -3.76. The van der Waals surface area contributed by atoms with E-state index in [2.05, 4.69) is 5.32 Å². The first-order valence-electron chi connectivity index (χ1n) is 6.92. The summed E-state index contributed by atoms with van der Waals surface area (Å²) in [5.41, 5.74) is -0.492. The minimum atomic E-state index is -3.76. The van der Waals surface area contributed by atoms with Gasteiger partial charge in [-0.15, -0.1) is 0 Å². The van der Waals surface area contributed by atoms with Crippen LogP contribution in [0.25, 0.3) is 0 Å². The van der Waals surface area contributed by atoms with Gasteiger partial charge in [0, 0.05) is 34.5 Å². The Morgan fingerprint density at radius 2 is 1.81 bits per heavy atom. The SMILES string of the molecule is CS(=O)(=O)c1cc(C(=O)Nc2ccc(SC(F)F)cc2)cc([N+](=O)[O-])c1. The lowest BCUT2D eigenvalue weighted by Gasteiger charge is -2.08. The zero-order valence-electron chi connectivity index (χ0n) is 13.2. The minimum absolute atomic E-state index is 0.217. The number of sulfone groups is 1. The molecule has 2 aromatic carbocycles. The van der Waals surface area contributed by atoms with Crippen molar-refractivity contribution in [3.63, 3.8) is 0 Å². The van der Waals surface area contributed by atoms with Crippen molar-refractivity contribution in [2.24, 2.45) is 0 Å². The number of carbonyl (C=O) groups excluding carboxylic acids is 1. The molecule has 0 aromatic heterocycles. The number of amides is 1. The molecular weight excluding hydrogens is 390 g/mol. The normalized spacial score (nSPS) is 11.4. The molecule has 2 aromatic rings. The van der Waals surface area contributed by atoms with Gasteiger partial charge in [0.2, 0.25) is 0 Å². The van der Waals surface area contributed by atoms with E-state index in [1.165, 1.54) is 24.3 Å². The van der Waals surface area contributed by atoms with Crippen molar-refractivity contribution in [3.05, 3.63) is 58.1 Å². The number of nitrogens with one attached hydrogen (secondary N) is 1. The molecule has 0 aliphatic rings. The smallest absolute Gasteiger partial charge is 0.288 e. The topological polar surface area (TPSA) is 106 Å². The van der Waals surface area contributed by atoms with Crippen molar-refractivity contribution in [2.45, 2.75) is 15.5 Å². The third-order valence-electron chi connectivity index (χ3n) is 3.13. The molecular formula is C15H12F2N2O5S2. The van der Waals surface area contributed by atoms with Crippen LogP contribution in [0.15, 0.2) is 52.3 Å². The molecule has 0 saturated carbocycles. The molecule has 0 unspecified atom stereocenters. The first-order chi connectivity index (χ1) is 12.1. The van der Waals surface area contributed by atoms with Gasteiger partial charge >= 0.3 is 0 Å². The molecule has 26 heavy (non-hydrogen) atoms. The Labute approximate surface area is 151 Å². The molecule has 0 spiro atoms. The van der Waals surface area contributed by atoms with Crippen LogP contribution in [0.2, 0.25) is 0 Å². The number of benzene rings is 2. The number of hydrogen-bond acceptors (Lipinski definition) is 6. The fraction of sp³-hybridized carbons (Fsp3) is 0.133. The maximum absolute atomic E-state index is 12.3. The van der Waals surface area contributed by atoms with Gasteiger partial charge in [0.15, 0.2) is 9.84 Å². The molecule has 0 bridgehead atoms. The highest BCUT2D eigenvalue weighted by atomic mass is 32.2. The van der Waals surface area contributed by atoms with Crippen molar-refractivity contribution >= 4 is 38.9 Å². The summed E-state index contributed by atoms with van der Waals surface area (Å²) in [6.07, 6.45) is 0.868.